The van der Waals surface area contributed by atoms with Crippen LogP contribution in [0.4, 0.5) is 5.69 Å². The van der Waals surface area contributed by atoms with E-state index in [4.69, 9.17) is 0 Å². The number of carbonyl (C=O) groups is 1. The molecule has 2 rings (SSSR count). The molecule has 0 saturated carbocycles. The van der Waals surface area contributed by atoms with Crippen molar-refractivity contribution in [2.45, 2.75) is 6.92 Å². The van der Waals surface area contributed by atoms with Crippen molar-refractivity contribution in [3.05, 3.63) is 72.1 Å². The van der Waals surface area contributed by atoms with E-state index in [9.17, 15) is 4.79 Å². The summed E-state index contributed by atoms with van der Waals surface area (Å²) >= 11 is 0. The van der Waals surface area contributed by atoms with Crippen LogP contribution in [0.15, 0.2) is 48.5 Å². The molecule has 0 saturated heterocycles. The van der Waals surface area contributed by atoms with Crippen LogP contribution in [0.3, 0.4) is 0 Å². The van der Waals surface area contributed by atoms with Crippen molar-refractivity contribution < 1.29 is 4.79 Å². The van der Waals surface area contributed by atoms with Crippen LogP contribution in [0.5, 0.6) is 0 Å². The van der Waals surface area contributed by atoms with Gasteiger partial charge in [-0.25, -0.2) is 0 Å². The van der Waals surface area contributed by atoms with Crippen LogP contribution < -0.4 is 5.32 Å². The number of hydrogen-bond donors (Lipinski definition) is 1. The first-order valence-electron chi connectivity index (χ1n) is 5.46. The first kappa shape index (κ1) is 11.4. The Kier molecular flexibility index (Phi) is 3.24. The van der Waals surface area contributed by atoms with Gasteiger partial charge in [-0.2, -0.15) is 0 Å². The molecular weight excluding hydrogens is 210 g/mol. The fourth-order valence-electron chi connectivity index (χ4n) is 1.61. The van der Waals surface area contributed by atoms with E-state index in [1.54, 1.807) is 0 Å². The standard InChI is InChI=1S/C15H14NO/c1-11-7-9-13(10-8-11)16-15(17)14-6-4-3-5-12(14)2/h3-10H,1H2,2H3,(H,16,17). The third-order valence-corrected chi connectivity index (χ3v) is 2.60. The molecule has 1 amide bonds. The highest BCUT2D eigenvalue weighted by molar-refractivity contribution is 6.05. The van der Waals surface area contributed by atoms with E-state index in [1.165, 1.54) is 0 Å². The zero-order chi connectivity index (χ0) is 12.3. The Labute approximate surface area is 101 Å². The van der Waals surface area contributed by atoms with E-state index in [0.717, 1.165) is 16.8 Å². The average Bonchev–Trinajstić information content (AvgIpc) is 2.32. The van der Waals surface area contributed by atoms with Gasteiger partial charge in [-0.1, -0.05) is 30.3 Å². The molecule has 2 aromatic rings. The van der Waals surface area contributed by atoms with Gasteiger partial charge in [-0.05, 0) is 43.2 Å². The summed E-state index contributed by atoms with van der Waals surface area (Å²) in [5, 5.41) is 2.86. The maximum Gasteiger partial charge on any atom is 0.255 e. The molecule has 0 fully saturated rings. The fraction of sp³-hybridized carbons (Fsp3) is 0.0667. The van der Waals surface area contributed by atoms with Gasteiger partial charge in [0.15, 0.2) is 0 Å². The number of hydrogen-bond acceptors (Lipinski definition) is 1. The average molecular weight is 224 g/mol. The van der Waals surface area contributed by atoms with Gasteiger partial charge in [-0.3, -0.25) is 4.79 Å². The molecule has 17 heavy (non-hydrogen) atoms. The number of carbonyl (C=O) groups excluding carboxylic acids is 1. The SMILES string of the molecule is [CH2]c1ccc(NC(=O)c2ccccc2C)cc1. The molecule has 2 aromatic carbocycles. The Morgan fingerprint density at radius 3 is 2.35 bits per heavy atom. The van der Waals surface area contributed by atoms with Gasteiger partial charge in [0.25, 0.3) is 5.91 Å². The van der Waals surface area contributed by atoms with Crippen molar-refractivity contribution in [2.75, 3.05) is 5.32 Å². The van der Waals surface area contributed by atoms with Crippen molar-refractivity contribution >= 4 is 11.6 Å². The normalized spacial score (nSPS) is 10.0. The lowest BCUT2D eigenvalue weighted by Crippen LogP contribution is -2.13. The molecule has 0 atom stereocenters. The van der Waals surface area contributed by atoms with Gasteiger partial charge in [-0.15, -0.1) is 0 Å². The van der Waals surface area contributed by atoms with Crippen molar-refractivity contribution in [3.8, 4) is 0 Å². The second-order valence-corrected chi connectivity index (χ2v) is 3.97. The number of benzene rings is 2. The molecule has 0 aromatic heterocycles. The molecule has 0 heterocycles. The Balaban J connectivity index is 2.17. The Hall–Kier alpha value is -2.09. The van der Waals surface area contributed by atoms with E-state index in [1.807, 2.05) is 55.5 Å². The summed E-state index contributed by atoms with van der Waals surface area (Å²) < 4.78 is 0. The summed E-state index contributed by atoms with van der Waals surface area (Å²) in [5.74, 6) is -0.0834. The predicted octanol–water partition coefficient (Wildman–Crippen LogP) is 3.43. The zero-order valence-corrected chi connectivity index (χ0v) is 9.73. The Morgan fingerprint density at radius 1 is 1.06 bits per heavy atom. The molecular formula is C15H14NO. The summed E-state index contributed by atoms with van der Waals surface area (Å²) in [5.41, 5.74) is 3.38. The van der Waals surface area contributed by atoms with Gasteiger partial charge in [0.1, 0.15) is 0 Å². The minimum Gasteiger partial charge on any atom is -0.322 e. The predicted molar refractivity (Wildman–Crippen MR) is 70.0 cm³/mol. The first-order chi connectivity index (χ1) is 8.16. The van der Waals surface area contributed by atoms with Crippen LogP contribution in [0.2, 0.25) is 0 Å². The number of nitrogens with one attached hydrogen (secondary N) is 1. The van der Waals surface area contributed by atoms with E-state index >= 15 is 0 Å². The molecule has 2 heteroatoms. The topological polar surface area (TPSA) is 29.1 Å². The molecule has 0 bridgehead atoms. The largest absolute Gasteiger partial charge is 0.322 e. The minimum atomic E-state index is -0.0834. The molecule has 0 unspecified atom stereocenters. The lowest BCUT2D eigenvalue weighted by atomic mass is 10.1. The third-order valence-electron chi connectivity index (χ3n) is 2.60. The van der Waals surface area contributed by atoms with Crippen LogP contribution >= 0.6 is 0 Å². The van der Waals surface area contributed by atoms with Crippen molar-refractivity contribution in [1.82, 2.24) is 0 Å². The van der Waals surface area contributed by atoms with Gasteiger partial charge in [0, 0.05) is 11.3 Å². The van der Waals surface area contributed by atoms with E-state index < -0.39 is 0 Å². The van der Waals surface area contributed by atoms with E-state index in [-0.39, 0.29) is 5.91 Å². The number of anilines is 1. The summed E-state index contributed by atoms with van der Waals surface area (Å²) in [6.45, 7) is 5.72. The van der Waals surface area contributed by atoms with Crippen LogP contribution in [0.25, 0.3) is 0 Å². The lowest BCUT2D eigenvalue weighted by molar-refractivity contribution is 0.102. The van der Waals surface area contributed by atoms with Crippen LogP contribution in [-0.4, -0.2) is 5.91 Å². The second-order valence-electron chi connectivity index (χ2n) is 3.97. The minimum absolute atomic E-state index is 0.0834. The van der Waals surface area contributed by atoms with Crippen molar-refractivity contribution in [1.29, 1.82) is 0 Å². The molecule has 1 radical (unpaired) electrons. The lowest BCUT2D eigenvalue weighted by Gasteiger charge is -2.07. The highest BCUT2D eigenvalue weighted by atomic mass is 16.1. The first-order valence-corrected chi connectivity index (χ1v) is 5.46. The zero-order valence-electron chi connectivity index (χ0n) is 9.73. The fourth-order valence-corrected chi connectivity index (χ4v) is 1.61. The number of aryl methyl sites for hydroxylation is 1. The summed E-state index contributed by atoms with van der Waals surface area (Å²) in [6, 6.07) is 15.0. The molecule has 1 N–H and O–H groups in total. The Bertz CT molecular complexity index is 529. The highest BCUT2D eigenvalue weighted by Gasteiger charge is 2.07. The molecule has 0 spiro atoms. The summed E-state index contributed by atoms with van der Waals surface area (Å²) in [4.78, 5) is 12.0. The second kappa shape index (κ2) is 4.83. The number of rotatable bonds is 2. The van der Waals surface area contributed by atoms with Gasteiger partial charge in [0.2, 0.25) is 0 Å². The maximum absolute atomic E-state index is 12.0. The maximum atomic E-state index is 12.0. The van der Waals surface area contributed by atoms with Gasteiger partial charge in [0.05, 0.1) is 0 Å². The van der Waals surface area contributed by atoms with Crippen LogP contribution in [0, 0.1) is 13.8 Å². The Morgan fingerprint density at radius 2 is 1.71 bits per heavy atom. The molecule has 2 nitrogen and oxygen atoms in total. The third kappa shape index (κ3) is 2.72. The van der Waals surface area contributed by atoms with Crippen molar-refractivity contribution in [3.63, 3.8) is 0 Å². The highest BCUT2D eigenvalue weighted by Crippen LogP contribution is 2.12. The molecule has 0 aliphatic heterocycles. The molecule has 0 aliphatic rings. The summed E-state index contributed by atoms with van der Waals surface area (Å²) in [6.07, 6.45) is 0. The van der Waals surface area contributed by atoms with Gasteiger partial charge >= 0.3 is 0 Å². The summed E-state index contributed by atoms with van der Waals surface area (Å²) in [7, 11) is 0. The molecule has 85 valence electrons. The van der Waals surface area contributed by atoms with E-state index in [0.29, 0.717) is 5.56 Å². The van der Waals surface area contributed by atoms with Crippen LogP contribution in [0.1, 0.15) is 21.5 Å². The quantitative estimate of drug-likeness (QED) is 0.832. The van der Waals surface area contributed by atoms with E-state index in [2.05, 4.69) is 12.2 Å². The number of amides is 1. The monoisotopic (exact) mass is 224 g/mol. The smallest absolute Gasteiger partial charge is 0.255 e. The van der Waals surface area contributed by atoms with Crippen LogP contribution in [-0.2, 0) is 0 Å². The van der Waals surface area contributed by atoms with Gasteiger partial charge < -0.3 is 5.32 Å². The molecule has 0 aliphatic carbocycles. The van der Waals surface area contributed by atoms with Crippen molar-refractivity contribution in [2.24, 2.45) is 0 Å².